The molecule has 0 saturated heterocycles. The Morgan fingerprint density at radius 2 is 2.10 bits per heavy atom. The van der Waals surface area contributed by atoms with Crippen molar-refractivity contribution in [1.82, 2.24) is 0 Å². The maximum atomic E-state index is 13.6. The van der Waals surface area contributed by atoms with Gasteiger partial charge in [-0.05, 0) is 24.3 Å². The Balaban J connectivity index is 2.24. The third-order valence-electron chi connectivity index (χ3n) is 2.78. The van der Waals surface area contributed by atoms with Gasteiger partial charge in [-0.3, -0.25) is 4.79 Å². The summed E-state index contributed by atoms with van der Waals surface area (Å²) in [5, 5.41) is 0.278. The van der Waals surface area contributed by atoms with Crippen molar-refractivity contribution in [2.45, 2.75) is 6.61 Å². The smallest absolute Gasteiger partial charge is 0.153 e. The molecule has 2 aromatic rings. The summed E-state index contributed by atoms with van der Waals surface area (Å²) in [6, 6.07) is 9.19. The van der Waals surface area contributed by atoms with E-state index in [1.165, 1.54) is 19.2 Å². The highest BCUT2D eigenvalue weighted by molar-refractivity contribution is 6.31. The third kappa shape index (κ3) is 3.08. The second-order valence-corrected chi connectivity index (χ2v) is 4.42. The van der Waals surface area contributed by atoms with Gasteiger partial charge in [-0.25, -0.2) is 4.39 Å². The molecule has 3 nitrogen and oxygen atoms in total. The average Bonchev–Trinajstić information content (AvgIpc) is 2.46. The molecule has 0 saturated carbocycles. The number of aldehydes is 1. The Morgan fingerprint density at radius 3 is 2.75 bits per heavy atom. The maximum Gasteiger partial charge on any atom is 0.153 e. The van der Waals surface area contributed by atoms with Crippen LogP contribution in [0.3, 0.4) is 0 Å². The predicted octanol–water partition coefficient (Wildman–Crippen LogP) is 3.88. The Hall–Kier alpha value is -2.07. The number of methoxy groups -OCH3 is 1. The van der Waals surface area contributed by atoms with Gasteiger partial charge in [0, 0.05) is 11.6 Å². The number of hydrogen-bond donors (Lipinski definition) is 0. The van der Waals surface area contributed by atoms with Gasteiger partial charge in [0.15, 0.2) is 6.29 Å². The van der Waals surface area contributed by atoms with Gasteiger partial charge in [0.1, 0.15) is 23.9 Å². The molecule has 0 N–H and O–H groups in total. The second-order valence-electron chi connectivity index (χ2n) is 4.01. The summed E-state index contributed by atoms with van der Waals surface area (Å²) in [4.78, 5) is 11.0. The van der Waals surface area contributed by atoms with Gasteiger partial charge >= 0.3 is 0 Å². The van der Waals surface area contributed by atoms with E-state index in [0.29, 0.717) is 23.3 Å². The van der Waals surface area contributed by atoms with Gasteiger partial charge in [0.05, 0.1) is 17.7 Å². The van der Waals surface area contributed by atoms with Crippen molar-refractivity contribution in [3.05, 3.63) is 58.4 Å². The molecule has 0 aliphatic carbocycles. The summed E-state index contributed by atoms with van der Waals surface area (Å²) >= 11 is 5.91. The van der Waals surface area contributed by atoms with E-state index >= 15 is 0 Å². The van der Waals surface area contributed by atoms with Gasteiger partial charge in [0.25, 0.3) is 0 Å². The third-order valence-corrected chi connectivity index (χ3v) is 3.14. The molecular formula is C15H12ClFO3. The summed E-state index contributed by atoms with van der Waals surface area (Å²) in [5.74, 6) is 0.414. The quantitative estimate of drug-likeness (QED) is 0.785. The molecule has 0 unspecified atom stereocenters. The lowest BCUT2D eigenvalue weighted by molar-refractivity contribution is 0.111. The standard InChI is InChI=1S/C15H12ClFO3/c1-19-11-6-5-10(8-18)15(7-11)20-9-12-13(16)3-2-4-14(12)17/h2-8H,9H2,1H3. The van der Waals surface area contributed by atoms with Crippen molar-refractivity contribution >= 4 is 17.9 Å². The molecule has 2 rings (SSSR count). The normalized spacial score (nSPS) is 10.2. The first kappa shape index (κ1) is 14.3. The van der Waals surface area contributed by atoms with Crippen LogP contribution in [0.4, 0.5) is 4.39 Å². The zero-order chi connectivity index (χ0) is 14.5. The lowest BCUT2D eigenvalue weighted by atomic mass is 10.2. The van der Waals surface area contributed by atoms with Crippen LogP contribution in [0.15, 0.2) is 36.4 Å². The molecule has 0 fully saturated rings. The number of benzene rings is 2. The highest BCUT2D eigenvalue weighted by Crippen LogP contribution is 2.26. The minimum atomic E-state index is -0.451. The van der Waals surface area contributed by atoms with Crippen LogP contribution in [0.1, 0.15) is 15.9 Å². The highest BCUT2D eigenvalue weighted by atomic mass is 35.5. The minimum Gasteiger partial charge on any atom is -0.497 e. The molecule has 0 amide bonds. The number of halogens is 2. The predicted molar refractivity (Wildman–Crippen MR) is 74.1 cm³/mol. The van der Waals surface area contributed by atoms with E-state index in [0.717, 1.165) is 0 Å². The molecule has 2 aromatic carbocycles. The van der Waals surface area contributed by atoms with E-state index in [1.54, 1.807) is 24.3 Å². The van der Waals surface area contributed by atoms with Crippen LogP contribution in [0, 0.1) is 5.82 Å². The van der Waals surface area contributed by atoms with Gasteiger partial charge in [0.2, 0.25) is 0 Å². The van der Waals surface area contributed by atoms with E-state index < -0.39 is 5.82 Å². The topological polar surface area (TPSA) is 35.5 Å². The van der Waals surface area contributed by atoms with E-state index in [9.17, 15) is 9.18 Å². The lowest BCUT2D eigenvalue weighted by Gasteiger charge is -2.11. The fraction of sp³-hybridized carbons (Fsp3) is 0.133. The van der Waals surface area contributed by atoms with Crippen molar-refractivity contribution < 1.29 is 18.7 Å². The van der Waals surface area contributed by atoms with Crippen LogP contribution in [0.5, 0.6) is 11.5 Å². The molecule has 104 valence electrons. The Morgan fingerprint density at radius 1 is 1.30 bits per heavy atom. The molecule has 0 heterocycles. The summed E-state index contributed by atoms with van der Waals surface area (Å²) < 4.78 is 24.2. The molecule has 5 heteroatoms. The summed E-state index contributed by atoms with van der Waals surface area (Å²) in [6.45, 7) is -0.0699. The summed E-state index contributed by atoms with van der Waals surface area (Å²) in [6.07, 6.45) is 0.664. The molecule has 0 atom stereocenters. The van der Waals surface area contributed by atoms with Gasteiger partial charge in [-0.15, -0.1) is 0 Å². The van der Waals surface area contributed by atoms with E-state index in [4.69, 9.17) is 21.1 Å². The van der Waals surface area contributed by atoms with Crippen LogP contribution < -0.4 is 9.47 Å². The monoisotopic (exact) mass is 294 g/mol. The van der Waals surface area contributed by atoms with Crippen molar-refractivity contribution in [3.63, 3.8) is 0 Å². The first-order chi connectivity index (χ1) is 9.65. The lowest BCUT2D eigenvalue weighted by Crippen LogP contribution is -2.02. The van der Waals surface area contributed by atoms with Crippen LogP contribution in [0.2, 0.25) is 5.02 Å². The second kappa shape index (κ2) is 6.39. The van der Waals surface area contributed by atoms with E-state index in [2.05, 4.69) is 0 Å². The first-order valence-corrected chi connectivity index (χ1v) is 6.22. The first-order valence-electron chi connectivity index (χ1n) is 5.84. The molecule has 0 spiro atoms. The molecule has 0 bridgehead atoms. The molecule has 0 aliphatic heterocycles. The van der Waals surface area contributed by atoms with Gasteiger partial charge in [-0.1, -0.05) is 17.7 Å². The Bertz CT molecular complexity index is 608. The molecule has 0 aliphatic rings. The maximum absolute atomic E-state index is 13.6. The Labute approximate surface area is 120 Å². The zero-order valence-electron chi connectivity index (χ0n) is 10.7. The molecule has 0 aromatic heterocycles. The van der Waals surface area contributed by atoms with Crippen molar-refractivity contribution in [1.29, 1.82) is 0 Å². The van der Waals surface area contributed by atoms with E-state index in [-0.39, 0.29) is 17.2 Å². The summed E-state index contributed by atoms with van der Waals surface area (Å²) in [7, 11) is 1.51. The summed E-state index contributed by atoms with van der Waals surface area (Å²) in [5.41, 5.74) is 0.604. The highest BCUT2D eigenvalue weighted by Gasteiger charge is 2.10. The van der Waals surface area contributed by atoms with Crippen LogP contribution in [-0.4, -0.2) is 13.4 Å². The van der Waals surface area contributed by atoms with Gasteiger partial charge < -0.3 is 9.47 Å². The van der Waals surface area contributed by atoms with Crippen LogP contribution >= 0.6 is 11.6 Å². The zero-order valence-corrected chi connectivity index (χ0v) is 11.5. The van der Waals surface area contributed by atoms with Crippen LogP contribution in [-0.2, 0) is 6.61 Å². The number of rotatable bonds is 5. The van der Waals surface area contributed by atoms with Crippen LogP contribution in [0.25, 0.3) is 0 Å². The SMILES string of the molecule is COc1ccc(C=O)c(OCc2c(F)cccc2Cl)c1. The number of carbonyl (C=O) groups excluding carboxylic acids is 1. The Kier molecular flexibility index (Phi) is 4.58. The number of hydrogen-bond acceptors (Lipinski definition) is 3. The molecular weight excluding hydrogens is 283 g/mol. The van der Waals surface area contributed by atoms with Crippen molar-refractivity contribution in [2.24, 2.45) is 0 Å². The average molecular weight is 295 g/mol. The fourth-order valence-corrected chi connectivity index (χ4v) is 1.90. The minimum absolute atomic E-state index is 0.0699. The molecule has 20 heavy (non-hydrogen) atoms. The van der Waals surface area contributed by atoms with Crippen molar-refractivity contribution in [3.8, 4) is 11.5 Å². The van der Waals surface area contributed by atoms with Crippen molar-refractivity contribution in [2.75, 3.05) is 7.11 Å². The number of carbonyl (C=O) groups is 1. The fourth-order valence-electron chi connectivity index (χ4n) is 1.68. The molecule has 0 radical (unpaired) electrons. The number of ether oxygens (including phenoxy) is 2. The van der Waals surface area contributed by atoms with E-state index in [1.807, 2.05) is 0 Å². The van der Waals surface area contributed by atoms with Gasteiger partial charge in [-0.2, -0.15) is 0 Å². The largest absolute Gasteiger partial charge is 0.497 e.